The predicted octanol–water partition coefficient (Wildman–Crippen LogP) is 0.842. The number of rotatable bonds is 4. The summed E-state index contributed by atoms with van der Waals surface area (Å²) in [7, 11) is 0. The van der Waals surface area contributed by atoms with Crippen molar-refractivity contribution >= 4 is 5.91 Å². The van der Waals surface area contributed by atoms with E-state index in [1.807, 2.05) is 0 Å². The van der Waals surface area contributed by atoms with Gasteiger partial charge in [-0.25, -0.2) is 0 Å². The molecule has 0 saturated carbocycles. The van der Waals surface area contributed by atoms with E-state index in [1.54, 1.807) is 0 Å². The number of carbonyl (C=O) groups excluding carboxylic acids is 1. The lowest BCUT2D eigenvalue weighted by atomic mass is 10.1. The second kappa shape index (κ2) is 7.56. The lowest BCUT2D eigenvalue weighted by Crippen LogP contribution is -2.40. The van der Waals surface area contributed by atoms with Gasteiger partial charge in [-0.2, -0.15) is 0 Å². The van der Waals surface area contributed by atoms with Crippen LogP contribution in [-0.2, 0) is 9.53 Å². The minimum Gasteiger partial charge on any atom is -0.378 e. The Morgan fingerprint density at radius 2 is 1.90 bits per heavy atom. The van der Waals surface area contributed by atoms with Crippen molar-refractivity contribution in [3.05, 3.63) is 0 Å². The van der Waals surface area contributed by atoms with E-state index < -0.39 is 0 Å². The highest BCUT2D eigenvalue weighted by molar-refractivity contribution is 5.76. The molecule has 3 rings (SSSR count). The van der Waals surface area contributed by atoms with Crippen LogP contribution in [0.2, 0.25) is 0 Å². The summed E-state index contributed by atoms with van der Waals surface area (Å²) in [6.45, 7) is 6.94. The molecule has 0 aromatic heterocycles. The molecule has 1 atom stereocenters. The van der Waals surface area contributed by atoms with Crippen molar-refractivity contribution in [2.75, 3.05) is 45.9 Å². The van der Waals surface area contributed by atoms with E-state index in [2.05, 4.69) is 15.1 Å². The van der Waals surface area contributed by atoms with E-state index in [0.29, 0.717) is 25.2 Å². The molecule has 0 radical (unpaired) electrons. The van der Waals surface area contributed by atoms with Crippen LogP contribution in [0.15, 0.2) is 0 Å². The molecular formula is C16H29N3O2. The maximum absolute atomic E-state index is 12.4. The Morgan fingerprint density at radius 3 is 2.76 bits per heavy atom. The van der Waals surface area contributed by atoms with Crippen LogP contribution in [0.25, 0.3) is 0 Å². The summed E-state index contributed by atoms with van der Waals surface area (Å²) in [5.74, 6) is 0.290. The van der Waals surface area contributed by atoms with Gasteiger partial charge in [0.15, 0.2) is 0 Å². The van der Waals surface area contributed by atoms with Crippen molar-refractivity contribution in [2.24, 2.45) is 0 Å². The molecule has 1 unspecified atom stereocenters. The van der Waals surface area contributed by atoms with E-state index in [9.17, 15) is 4.79 Å². The first-order valence-corrected chi connectivity index (χ1v) is 8.67. The predicted molar refractivity (Wildman–Crippen MR) is 82.3 cm³/mol. The van der Waals surface area contributed by atoms with Crippen LogP contribution in [0.4, 0.5) is 0 Å². The van der Waals surface area contributed by atoms with Gasteiger partial charge in [-0.1, -0.05) is 0 Å². The zero-order valence-electron chi connectivity index (χ0n) is 13.1. The number of ether oxygens (including phenoxy) is 1. The van der Waals surface area contributed by atoms with Gasteiger partial charge in [-0.3, -0.25) is 9.69 Å². The summed E-state index contributed by atoms with van der Waals surface area (Å²) in [5.41, 5.74) is 0. The molecule has 0 aliphatic carbocycles. The monoisotopic (exact) mass is 295 g/mol. The summed E-state index contributed by atoms with van der Waals surface area (Å²) in [5, 5.41) is 3.33. The molecule has 0 spiro atoms. The van der Waals surface area contributed by atoms with Crippen LogP contribution in [-0.4, -0.2) is 73.7 Å². The molecule has 3 aliphatic rings. The molecule has 5 nitrogen and oxygen atoms in total. The highest BCUT2D eigenvalue weighted by Crippen LogP contribution is 2.21. The third kappa shape index (κ3) is 4.18. The molecule has 1 N–H and O–H groups in total. The van der Waals surface area contributed by atoms with Crippen molar-refractivity contribution in [2.45, 2.75) is 50.7 Å². The Balaban J connectivity index is 1.39. The first-order valence-electron chi connectivity index (χ1n) is 8.67. The summed E-state index contributed by atoms with van der Waals surface area (Å²) in [4.78, 5) is 17.0. The summed E-state index contributed by atoms with van der Waals surface area (Å²) >= 11 is 0. The Bertz CT molecular complexity index is 344. The van der Waals surface area contributed by atoms with Crippen molar-refractivity contribution < 1.29 is 9.53 Å². The summed E-state index contributed by atoms with van der Waals surface area (Å²) in [6.07, 6.45) is 6.74. The van der Waals surface area contributed by atoms with Crippen molar-refractivity contribution in [1.29, 1.82) is 0 Å². The molecule has 21 heavy (non-hydrogen) atoms. The number of fused-ring (bicyclic) bond motifs is 1. The number of piperidine rings is 1. The van der Waals surface area contributed by atoms with E-state index in [-0.39, 0.29) is 5.91 Å². The average Bonchev–Trinajstić information content (AvgIpc) is 2.85. The Labute approximate surface area is 128 Å². The van der Waals surface area contributed by atoms with Gasteiger partial charge in [0.2, 0.25) is 5.91 Å². The zero-order valence-corrected chi connectivity index (χ0v) is 13.1. The van der Waals surface area contributed by atoms with Gasteiger partial charge < -0.3 is 15.0 Å². The molecule has 1 amide bonds. The molecule has 3 saturated heterocycles. The molecule has 0 aromatic rings. The fourth-order valence-corrected chi connectivity index (χ4v) is 3.87. The molecule has 5 heteroatoms. The van der Waals surface area contributed by atoms with Gasteiger partial charge in [0.05, 0.1) is 19.1 Å². The maximum Gasteiger partial charge on any atom is 0.224 e. The average molecular weight is 295 g/mol. The third-order valence-corrected chi connectivity index (χ3v) is 5.11. The first kappa shape index (κ1) is 15.3. The standard InChI is InChI=1S/C16H29N3O2/c20-16(6-12-21-15-4-7-17-8-5-15)19-11-2-10-18-9-1-3-14(18)13-19/h14-15,17H,1-13H2. The molecule has 3 fully saturated rings. The van der Waals surface area contributed by atoms with Crippen LogP contribution in [0.3, 0.4) is 0 Å². The minimum atomic E-state index is 0.290. The Kier molecular flexibility index (Phi) is 5.49. The van der Waals surface area contributed by atoms with E-state index in [0.717, 1.165) is 45.4 Å². The normalized spacial score (nSPS) is 28.4. The van der Waals surface area contributed by atoms with Crippen LogP contribution >= 0.6 is 0 Å². The topological polar surface area (TPSA) is 44.8 Å². The number of nitrogens with one attached hydrogen (secondary N) is 1. The van der Waals surface area contributed by atoms with Crippen molar-refractivity contribution in [1.82, 2.24) is 15.1 Å². The molecule has 3 aliphatic heterocycles. The van der Waals surface area contributed by atoms with Gasteiger partial charge in [0, 0.05) is 25.7 Å². The fraction of sp³-hybridized carbons (Fsp3) is 0.938. The SMILES string of the molecule is O=C(CCOC1CCNCC1)N1CCCN2CCCC2C1. The number of hydrogen-bond donors (Lipinski definition) is 1. The Morgan fingerprint density at radius 1 is 1.10 bits per heavy atom. The van der Waals surface area contributed by atoms with Crippen LogP contribution in [0.1, 0.15) is 38.5 Å². The second-order valence-electron chi connectivity index (χ2n) is 6.60. The lowest BCUT2D eigenvalue weighted by molar-refractivity contribution is -0.133. The summed E-state index contributed by atoms with van der Waals surface area (Å²) in [6, 6.07) is 0.613. The largest absolute Gasteiger partial charge is 0.378 e. The third-order valence-electron chi connectivity index (χ3n) is 5.11. The van der Waals surface area contributed by atoms with Gasteiger partial charge in [-0.15, -0.1) is 0 Å². The Hall–Kier alpha value is -0.650. The van der Waals surface area contributed by atoms with Crippen LogP contribution in [0.5, 0.6) is 0 Å². The van der Waals surface area contributed by atoms with Crippen LogP contribution in [0, 0.1) is 0 Å². The number of carbonyl (C=O) groups is 1. The lowest BCUT2D eigenvalue weighted by Gasteiger charge is -2.26. The second-order valence-corrected chi connectivity index (χ2v) is 6.60. The maximum atomic E-state index is 12.4. The van der Waals surface area contributed by atoms with E-state index in [1.165, 1.54) is 25.9 Å². The minimum absolute atomic E-state index is 0.290. The molecular weight excluding hydrogens is 266 g/mol. The summed E-state index contributed by atoms with van der Waals surface area (Å²) < 4.78 is 5.86. The van der Waals surface area contributed by atoms with Crippen molar-refractivity contribution in [3.8, 4) is 0 Å². The van der Waals surface area contributed by atoms with E-state index >= 15 is 0 Å². The zero-order chi connectivity index (χ0) is 14.5. The van der Waals surface area contributed by atoms with Crippen molar-refractivity contribution in [3.63, 3.8) is 0 Å². The molecule has 0 bridgehead atoms. The molecule has 3 heterocycles. The number of hydrogen-bond acceptors (Lipinski definition) is 4. The first-order chi connectivity index (χ1) is 10.3. The van der Waals surface area contributed by atoms with E-state index in [4.69, 9.17) is 4.74 Å². The number of nitrogens with zero attached hydrogens (tertiary/aromatic N) is 2. The highest BCUT2D eigenvalue weighted by Gasteiger charge is 2.30. The van der Waals surface area contributed by atoms with Crippen LogP contribution < -0.4 is 5.32 Å². The van der Waals surface area contributed by atoms with Gasteiger partial charge >= 0.3 is 0 Å². The molecule has 120 valence electrons. The fourth-order valence-electron chi connectivity index (χ4n) is 3.87. The number of amides is 1. The highest BCUT2D eigenvalue weighted by atomic mass is 16.5. The smallest absolute Gasteiger partial charge is 0.224 e. The quantitative estimate of drug-likeness (QED) is 0.835. The van der Waals surface area contributed by atoms with Gasteiger partial charge in [-0.05, 0) is 51.7 Å². The van der Waals surface area contributed by atoms with Gasteiger partial charge in [0.25, 0.3) is 0 Å². The van der Waals surface area contributed by atoms with Gasteiger partial charge in [0.1, 0.15) is 0 Å². The molecule has 0 aromatic carbocycles.